The molecule has 150 valence electrons. The predicted molar refractivity (Wildman–Crippen MR) is 106 cm³/mol. The summed E-state index contributed by atoms with van der Waals surface area (Å²) in [6.45, 7) is 2.09. The third-order valence-electron chi connectivity index (χ3n) is 4.84. The first-order valence-corrected chi connectivity index (χ1v) is 11.1. The standard InChI is InChI=1S/C17H19BF3N3O2S2/c1-11-10-23(14-3-2-12(9-22)8-13(14)17(19,20)21)6-7-24(11)28(25,26)16-5-4-15(18)27-16/h2-3,5,8,11,15H,4,6-7,10,18H2,1H3/t11-,15?/m1/s1. The Morgan fingerprint density at radius 1 is 1.32 bits per heavy atom. The molecule has 1 fully saturated rings. The van der Waals surface area contributed by atoms with Gasteiger partial charge >= 0.3 is 6.18 Å². The van der Waals surface area contributed by atoms with Crippen LogP contribution in [0.25, 0.3) is 0 Å². The maximum absolute atomic E-state index is 13.5. The van der Waals surface area contributed by atoms with Gasteiger partial charge in [0.2, 0.25) is 10.0 Å². The van der Waals surface area contributed by atoms with E-state index in [2.05, 4.69) is 0 Å². The summed E-state index contributed by atoms with van der Waals surface area (Å²) in [4.78, 5) is 1.54. The molecule has 0 aromatic heterocycles. The maximum atomic E-state index is 13.5. The van der Waals surface area contributed by atoms with Gasteiger partial charge in [-0.2, -0.15) is 22.7 Å². The Hall–Kier alpha value is -1.64. The Morgan fingerprint density at radius 3 is 2.57 bits per heavy atom. The average Bonchev–Trinajstić information content (AvgIpc) is 3.07. The van der Waals surface area contributed by atoms with E-state index in [4.69, 9.17) is 5.26 Å². The second kappa shape index (κ2) is 7.65. The Labute approximate surface area is 167 Å². The average molecular weight is 429 g/mol. The number of hydrogen-bond acceptors (Lipinski definition) is 5. The summed E-state index contributed by atoms with van der Waals surface area (Å²) in [6.07, 6.45) is -2.20. The molecule has 5 nitrogen and oxygen atoms in total. The molecule has 1 saturated heterocycles. The number of anilines is 1. The molecule has 2 atom stereocenters. The van der Waals surface area contributed by atoms with Crippen molar-refractivity contribution in [3.63, 3.8) is 0 Å². The number of rotatable bonds is 3. The zero-order valence-corrected chi connectivity index (χ0v) is 17.0. The van der Waals surface area contributed by atoms with E-state index in [-0.39, 0.29) is 36.0 Å². The van der Waals surface area contributed by atoms with Crippen LogP contribution in [0.2, 0.25) is 0 Å². The van der Waals surface area contributed by atoms with Crippen molar-refractivity contribution in [1.29, 1.82) is 5.26 Å². The van der Waals surface area contributed by atoms with Gasteiger partial charge < -0.3 is 4.90 Å². The molecule has 0 bridgehead atoms. The number of nitriles is 1. The van der Waals surface area contributed by atoms with Crippen LogP contribution in [-0.4, -0.2) is 51.4 Å². The molecule has 2 aliphatic heterocycles. The lowest BCUT2D eigenvalue weighted by Gasteiger charge is -2.41. The molecule has 1 unspecified atom stereocenters. The highest BCUT2D eigenvalue weighted by Gasteiger charge is 2.40. The molecule has 1 aromatic carbocycles. The molecule has 0 saturated carbocycles. The number of sulfonamides is 1. The van der Waals surface area contributed by atoms with Gasteiger partial charge in [-0.3, -0.25) is 0 Å². The van der Waals surface area contributed by atoms with Gasteiger partial charge in [0, 0.05) is 31.4 Å². The Balaban J connectivity index is 1.84. The Morgan fingerprint density at radius 2 is 2.04 bits per heavy atom. The summed E-state index contributed by atoms with van der Waals surface area (Å²) in [5.41, 5.74) is -0.971. The van der Waals surface area contributed by atoms with Crippen molar-refractivity contribution >= 4 is 35.3 Å². The van der Waals surface area contributed by atoms with Crippen LogP contribution in [0.15, 0.2) is 28.5 Å². The SMILES string of the molecule is BC1CC=C(S(=O)(=O)N2CCN(c3ccc(C#N)cc3C(F)(F)F)C[C@H]2C)S1. The highest BCUT2D eigenvalue weighted by molar-refractivity contribution is 8.19. The van der Waals surface area contributed by atoms with E-state index in [1.807, 2.05) is 7.85 Å². The van der Waals surface area contributed by atoms with Gasteiger partial charge in [-0.15, -0.1) is 11.8 Å². The minimum Gasteiger partial charge on any atom is -0.368 e. The lowest BCUT2D eigenvalue weighted by molar-refractivity contribution is -0.137. The van der Waals surface area contributed by atoms with Crippen molar-refractivity contribution < 1.29 is 21.6 Å². The van der Waals surface area contributed by atoms with Crippen molar-refractivity contribution in [3.05, 3.63) is 39.6 Å². The maximum Gasteiger partial charge on any atom is 0.418 e. The quantitative estimate of drug-likeness (QED) is 0.691. The third kappa shape index (κ3) is 4.04. The molecular weight excluding hydrogens is 410 g/mol. The second-order valence-electron chi connectivity index (χ2n) is 6.94. The summed E-state index contributed by atoms with van der Waals surface area (Å²) in [5.74, 6) is 0. The predicted octanol–water partition coefficient (Wildman–Crippen LogP) is 2.35. The van der Waals surface area contributed by atoms with Gasteiger partial charge in [0.1, 0.15) is 12.1 Å². The molecule has 0 spiro atoms. The number of piperazine rings is 1. The van der Waals surface area contributed by atoms with Gasteiger partial charge in [-0.25, -0.2) is 8.42 Å². The minimum absolute atomic E-state index is 0.0292. The van der Waals surface area contributed by atoms with Crippen molar-refractivity contribution in [2.45, 2.75) is 30.7 Å². The van der Waals surface area contributed by atoms with Crippen molar-refractivity contribution in [2.75, 3.05) is 24.5 Å². The van der Waals surface area contributed by atoms with Crippen LogP contribution in [-0.2, 0) is 16.2 Å². The molecule has 0 aliphatic carbocycles. The zero-order valence-electron chi connectivity index (χ0n) is 15.4. The van der Waals surface area contributed by atoms with E-state index in [1.54, 1.807) is 24.0 Å². The highest BCUT2D eigenvalue weighted by Crippen LogP contribution is 2.40. The van der Waals surface area contributed by atoms with Crippen LogP contribution < -0.4 is 4.90 Å². The van der Waals surface area contributed by atoms with Gasteiger partial charge in [0.15, 0.2) is 0 Å². The molecule has 2 heterocycles. The summed E-state index contributed by atoms with van der Waals surface area (Å²) in [5, 5.41) is 9.11. The molecule has 2 aliphatic rings. The summed E-state index contributed by atoms with van der Waals surface area (Å²) < 4.78 is 67.9. The topological polar surface area (TPSA) is 64.4 Å². The van der Waals surface area contributed by atoms with Crippen LogP contribution in [0.5, 0.6) is 0 Å². The highest BCUT2D eigenvalue weighted by atomic mass is 32.3. The minimum atomic E-state index is -4.60. The van der Waals surface area contributed by atoms with Gasteiger partial charge in [-0.05, 0) is 36.7 Å². The van der Waals surface area contributed by atoms with Gasteiger partial charge in [-0.1, -0.05) is 6.08 Å². The Kier molecular flexibility index (Phi) is 5.76. The van der Waals surface area contributed by atoms with E-state index >= 15 is 0 Å². The molecule has 28 heavy (non-hydrogen) atoms. The monoisotopic (exact) mass is 429 g/mol. The summed E-state index contributed by atoms with van der Waals surface area (Å²) >= 11 is 1.31. The first-order chi connectivity index (χ1) is 13.0. The van der Waals surface area contributed by atoms with Crippen LogP contribution in [0.3, 0.4) is 0 Å². The fourth-order valence-corrected chi connectivity index (χ4v) is 6.91. The largest absolute Gasteiger partial charge is 0.418 e. The van der Waals surface area contributed by atoms with Crippen LogP contribution >= 0.6 is 11.8 Å². The number of allylic oxidation sites excluding steroid dienone is 1. The molecule has 1 aromatic rings. The number of alkyl halides is 3. The lowest BCUT2D eigenvalue weighted by Crippen LogP contribution is -2.54. The van der Waals surface area contributed by atoms with Crippen molar-refractivity contribution in [2.24, 2.45) is 0 Å². The smallest absolute Gasteiger partial charge is 0.368 e. The molecular formula is C17H19BF3N3O2S2. The number of benzene rings is 1. The molecule has 3 rings (SSSR count). The summed E-state index contributed by atoms with van der Waals surface area (Å²) in [6, 6.07) is 4.72. The fraction of sp³-hybridized carbons (Fsp3) is 0.471. The Bertz CT molecular complexity index is 944. The normalized spacial score (nSPS) is 24.1. The number of halogens is 3. The lowest BCUT2D eigenvalue weighted by atomic mass is 10.0. The van der Waals surface area contributed by atoms with E-state index in [0.717, 1.165) is 6.07 Å². The van der Waals surface area contributed by atoms with Crippen molar-refractivity contribution in [3.8, 4) is 6.07 Å². The number of nitrogens with zero attached hydrogens (tertiary/aromatic N) is 3. The third-order valence-corrected chi connectivity index (χ3v) is 8.58. The van der Waals surface area contributed by atoms with Crippen LogP contribution in [0.4, 0.5) is 18.9 Å². The zero-order chi connectivity index (χ0) is 20.7. The molecule has 0 radical (unpaired) electrons. The van der Waals surface area contributed by atoms with E-state index in [1.165, 1.54) is 28.2 Å². The first-order valence-electron chi connectivity index (χ1n) is 8.79. The number of hydrogen-bond donors (Lipinski definition) is 0. The van der Waals surface area contributed by atoms with Crippen molar-refractivity contribution in [1.82, 2.24) is 4.31 Å². The van der Waals surface area contributed by atoms with E-state index < -0.39 is 27.8 Å². The molecule has 0 amide bonds. The van der Waals surface area contributed by atoms with Crippen LogP contribution in [0.1, 0.15) is 24.5 Å². The fourth-order valence-electron chi connectivity index (χ4n) is 3.46. The van der Waals surface area contributed by atoms with Gasteiger partial charge in [0.25, 0.3) is 0 Å². The summed E-state index contributed by atoms with van der Waals surface area (Å²) in [7, 11) is -1.68. The molecule has 11 heteroatoms. The molecule has 0 N–H and O–H groups in total. The second-order valence-corrected chi connectivity index (χ2v) is 10.5. The van der Waals surface area contributed by atoms with E-state index in [0.29, 0.717) is 10.7 Å². The first kappa shape index (κ1) is 21.1. The van der Waals surface area contributed by atoms with Crippen LogP contribution in [0, 0.1) is 11.3 Å². The van der Waals surface area contributed by atoms with E-state index in [9.17, 15) is 21.6 Å². The van der Waals surface area contributed by atoms with Gasteiger partial charge in [0.05, 0.1) is 17.2 Å². The number of thioether (sulfide) groups is 1.